The molecule has 11 heteroatoms. The number of hydrogen-bond acceptors (Lipinski definition) is 6. The second kappa shape index (κ2) is 10.3. The fourth-order valence-corrected chi connectivity index (χ4v) is 5.51. The molecule has 0 aliphatic carbocycles. The number of aromatic nitrogens is 3. The van der Waals surface area contributed by atoms with Crippen LogP contribution in [0.3, 0.4) is 0 Å². The molecule has 0 N–H and O–H groups in total. The van der Waals surface area contributed by atoms with Gasteiger partial charge in [-0.25, -0.2) is 9.07 Å². The molecular weight excluding hydrogens is 505 g/mol. The number of amides is 2. The number of ether oxygens (including phenoxy) is 2. The third-order valence-electron chi connectivity index (χ3n) is 7.54. The summed E-state index contributed by atoms with van der Waals surface area (Å²) >= 11 is 0. The summed E-state index contributed by atoms with van der Waals surface area (Å²) in [4.78, 5) is 44.9. The van der Waals surface area contributed by atoms with Crippen LogP contribution in [0.2, 0.25) is 0 Å². The molecular formula is C28H34FN5O5. The summed E-state index contributed by atoms with van der Waals surface area (Å²) in [5.74, 6) is -0.622. The van der Waals surface area contributed by atoms with Crippen LogP contribution in [0, 0.1) is 5.82 Å². The molecule has 39 heavy (non-hydrogen) atoms. The molecule has 1 atom stereocenters. The highest BCUT2D eigenvalue weighted by Crippen LogP contribution is 2.39. The number of methoxy groups -OCH3 is 1. The zero-order valence-electron chi connectivity index (χ0n) is 23.0. The maximum atomic E-state index is 14.1. The Balaban J connectivity index is 1.82. The summed E-state index contributed by atoms with van der Waals surface area (Å²) < 4.78 is 28.6. The third-order valence-corrected chi connectivity index (χ3v) is 7.54. The van der Waals surface area contributed by atoms with Gasteiger partial charge < -0.3 is 23.8 Å². The molecule has 0 saturated carbocycles. The molecule has 5 rings (SSSR count). The van der Waals surface area contributed by atoms with Crippen molar-refractivity contribution in [2.75, 3.05) is 33.9 Å². The molecule has 4 heterocycles. The number of carbonyl (C=O) groups is 2. The normalized spacial score (nSPS) is 18.6. The van der Waals surface area contributed by atoms with Gasteiger partial charge in [-0.2, -0.15) is 5.10 Å². The lowest BCUT2D eigenvalue weighted by atomic mass is 10.1. The molecule has 2 aliphatic heterocycles. The number of nitrogens with zero attached hydrogens (tertiary/aromatic N) is 5. The lowest BCUT2D eigenvalue weighted by Gasteiger charge is -2.36. The molecule has 2 aliphatic rings. The van der Waals surface area contributed by atoms with Crippen molar-refractivity contribution in [2.45, 2.75) is 58.7 Å². The number of hydrogen-bond donors (Lipinski definition) is 0. The smallest absolute Gasteiger partial charge is 0.280 e. The molecule has 0 fully saturated rings. The predicted molar refractivity (Wildman–Crippen MR) is 143 cm³/mol. The number of fused-ring (bicyclic) bond motifs is 7. The van der Waals surface area contributed by atoms with Gasteiger partial charge in [0.25, 0.3) is 17.4 Å². The topological polar surface area (TPSA) is 98.9 Å². The van der Waals surface area contributed by atoms with E-state index in [0.717, 1.165) is 19.3 Å². The van der Waals surface area contributed by atoms with Crippen LogP contribution in [0.15, 0.2) is 23.0 Å². The molecule has 10 nitrogen and oxygen atoms in total. The van der Waals surface area contributed by atoms with Gasteiger partial charge in [0.1, 0.15) is 17.0 Å². The van der Waals surface area contributed by atoms with Gasteiger partial charge in [0.15, 0.2) is 17.1 Å². The zero-order chi connectivity index (χ0) is 28.0. The van der Waals surface area contributed by atoms with Crippen LogP contribution < -0.4 is 15.0 Å². The lowest BCUT2D eigenvalue weighted by molar-refractivity contribution is 0.0613. The van der Waals surface area contributed by atoms with Crippen molar-refractivity contribution in [3.63, 3.8) is 0 Å². The first kappa shape index (κ1) is 26.7. The standard InChI is InChI=1S/C28H34FN5O5/c1-16(2)32-14-17(3)34-23-21(25(38-5)24(34)28(32)37)26(35)33-15-18-9-10-19(29)13-20(18)39-12-8-6-7-11-31(4)27(36)22(23)30-33/h9-10,13,16-17H,6-8,11-12,14-15H2,1-5H3. The second-order valence-electron chi connectivity index (χ2n) is 10.6. The fourth-order valence-electron chi connectivity index (χ4n) is 5.51. The summed E-state index contributed by atoms with van der Waals surface area (Å²) in [6.07, 6.45) is 2.29. The Kier molecular flexibility index (Phi) is 7.09. The first-order valence-electron chi connectivity index (χ1n) is 13.3. The Hall–Kier alpha value is -3.89. The zero-order valence-corrected chi connectivity index (χ0v) is 23.0. The summed E-state index contributed by atoms with van der Waals surface area (Å²) in [6, 6.07) is 3.85. The predicted octanol–water partition coefficient (Wildman–Crippen LogP) is 3.45. The van der Waals surface area contributed by atoms with Crippen LogP contribution in [0.1, 0.15) is 72.6 Å². The van der Waals surface area contributed by atoms with Gasteiger partial charge in [0.2, 0.25) is 0 Å². The van der Waals surface area contributed by atoms with Gasteiger partial charge in [-0.3, -0.25) is 14.4 Å². The Morgan fingerprint density at radius 3 is 2.62 bits per heavy atom. The average molecular weight is 540 g/mol. The van der Waals surface area contributed by atoms with Crippen LogP contribution in [0.5, 0.6) is 11.5 Å². The highest BCUT2D eigenvalue weighted by Gasteiger charge is 2.39. The van der Waals surface area contributed by atoms with Crippen LogP contribution >= 0.6 is 0 Å². The van der Waals surface area contributed by atoms with Gasteiger partial charge in [-0.15, -0.1) is 0 Å². The molecule has 1 unspecified atom stereocenters. The van der Waals surface area contributed by atoms with E-state index in [9.17, 15) is 18.8 Å². The highest BCUT2D eigenvalue weighted by molar-refractivity contribution is 6.11. The van der Waals surface area contributed by atoms with Crippen LogP contribution in [-0.2, 0) is 6.54 Å². The minimum Gasteiger partial charge on any atom is -0.493 e. The molecule has 0 spiro atoms. The minimum atomic E-state index is -0.513. The molecule has 2 bridgehead atoms. The van der Waals surface area contributed by atoms with Crippen molar-refractivity contribution < 1.29 is 23.5 Å². The van der Waals surface area contributed by atoms with Crippen molar-refractivity contribution in [1.82, 2.24) is 24.1 Å². The average Bonchev–Trinajstić information content (AvgIpc) is 3.26. The molecule has 0 radical (unpaired) electrons. The van der Waals surface area contributed by atoms with Crippen LogP contribution in [0.25, 0.3) is 10.9 Å². The van der Waals surface area contributed by atoms with Crippen LogP contribution in [0.4, 0.5) is 4.39 Å². The maximum absolute atomic E-state index is 14.1. The van der Waals surface area contributed by atoms with E-state index in [1.54, 1.807) is 27.5 Å². The summed E-state index contributed by atoms with van der Waals surface area (Å²) in [5, 5.41) is 4.70. The summed E-state index contributed by atoms with van der Waals surface area (Å²) in [6.45, 7) is 7.03. The van der Waals surface area contributed by atoms with Gasteiger partial charge in [0, 0.05) is 43.9 Å². The van der Waals surface area contributed by atoms with E-state index >= 15 is 0 Å². The first-order valence-corrected chi connectivity index (χ1v) is 13.3. The van der Waals surface area contributed by atoms with E-state index in [2.05, 4.69) is 5.10 Å². The fraction of sp³-hybridized carbons (Fsp3) is 0.500. The second-order valence-corrected chi connectivity index (χ2v) is 10.6. The van der Waals surface area contributed by atoms with Crippen molar-refractivity contribution >= 4 is 22.7 Å². The number of benzene rings is 1. The van der Waals surface area contributed by atoms with Crippen molar-refractivity contribution in [1.29, 1.82) is 0 Å². The Morgan fingerprint density at radius 2 is 1.90 bits per heavy atom. The molecule has 0 saturated heterocycles. The van der Waals surface area contributed by atoms with E-state index in [1.807, 2.05) is 20.8 Å². The summed E-state index contributed by atoms with van der Waals surface area (Å²) in [7, 11) is 3.12. The van der Waals surface area contributed by atoms with Crippen LogP contribution in [-0.4, -0.2) is 75.9 Å². The minimum absolute atomic E-state index is 0.0559. The Labute approximate surface area is 225 Å². The molecule has 2 aromatic heterocycles. The van der Waals surface area contributed by atoms with E-state index in [1.165, 1.54) is 23.9 Å². The quantitative estimate of drug-likeness (QED) is 0.495. The third kappa shape index (κ3) is 4.53. The van der Waals surface area contributed by atoms with E-state index in [-0.39, 0.29) is 53.0 Å². The van der Waals surface area contributed by atoms with Gasteiger partial charge in [-0.1, -0.05) is 6.07 Å². The van der Waals surface area contributed by atoms with E-state index < -0.39 is 11.4 Å². The van der Waals surface area contributed by atoms with E-state index in [0.29, 0.717) is 36.5 Å². The van der Waals surface area contributed by atoms with E-state index in [4.69, 9.17) is 9.47 Å². The Morgan fingerprint density at radius 1 is 1.13 bits per heavy atom. The van der Waals surface area contributed by atoms with Crippen molar-refractivity contribution in [3.05, 3.63) is 51.3 Å². The highest BCUT2D eigenvalue weighted by atomic mass is 19.1. The maximum Gasteiger partial charge on any atom is 0.280 e. The monoisotopic (exact) mass is 539 g/mol. The SMILES string of the molecule is COc1c2n(c3c4nn(c(=O)c13)Cc1ccc(F)cc1OCCCCCN(C)C4=O)C(C)CN(C(C)C)C2=O. The number of rotatable bonds is 2. The molecule has 2 amide bonds. The van der Waals surface area contributed by atoms with Gasteiger partial charge in [0.05, 0.1) is 25.8 Å². The lowest BCUT2D eigenvalue weighted by Crippen LogP contribution is -2.46. The van der Waals surface area contributed by atoms with Crippen molar-refractivity contribution in [3.8, 4) is 11.5 Å². The number of halogens is 1. The largest absolute Gasteiger partial charge is 0.493 e. The summed E-state index contributed by atoms with van der Waals surface area (Å²) in [5.41, 5.74) is 0.633. The van der Waals surface area contributed by atoms with Crippen molar-refractivity contribution in [2.24, 2.45) is 0 Å². The van der Waals surface area contributed by atoms with Gasteiger partial charge >= 0.3 is 0 Å². The first-order chi connectivity index (χ1) is 18.6. The molecule has 208 valence electrons. The Bertz CT molecular complexity index is 1510. The van der Waals surface area contributed by atoms with Gasteiger partial charge in [-0.05, 0) is 46.1 Å². The molecule has 3 aromatic rings. The number of carbonyl (C=O) groups excluding carboxylic acids is 2. The molecule has 1 aromatic carbocycles.